The Hall–Kier alpha value is -3.27. The molecule has 0 aliphatic carbocycles. The van der Waals surface area contributed by atoms with Crippen LogP contribution < -0.4 is 14.8 Å². The first kappa shape index (κ1) is 22.5. The Bertz CT molecular complexity index is 1100. The molecule has 0 unspecified atom stereocenters. The molecule has 0 radical (unpaired) electrons. The van der Waals surface area contributed by atoms with E-state index >= 15 is 0 Å². The van der Waals surface area contributed by atoms with Crippen molar-refractivity contribution < 1.29 is 18.9 Å². The molecule has 4 heterocycles. The number of methoxy groups -OCH3 is 1. The lowest BCUT2D eigenvalue weighted by atomic mass is 10.1. The first-order valence-corrected chi connectivity index (χ1v) is 11.6. The normalized spacial score (nSPS) is 15.7. The van der Waals surface area contributed by atoms with Crippen LogP contribution in [-0.4, -0.2) is 66.4 Å². The van der Waals surface area contributed by atoms with Crippen LogP contribution in [0.15, 0.2) is 42.6 Å². The maximum atomic E-state index is 6.03. The summed E-state index contributed by atoms with van der Waals surface area (Å²) in [6, 6.07) is 11.6. The number of morpholine rings is 1. The highest BCUT2D eigenvalue weighted by Gasteiger charge is 2.21. The Kier molecular flexibility index (Phi) is 7.13. The molecule has 9 heteroatoms. The summed E-state index contributed by atoms with van der Waals surface area (Å²) in [7, 11) is 1.60. The molecule has 1 N–H and O–H groups in total. The fourth-order valence-corrected chi connectivity index (χ4v) is 4.02. The number of nitrogens with zero attached hydrogens (tertiary/aromatic N) is 4. The van der Waals surface area contributed by atoms with Gasteiger partial charge in [0.25, 0.3) is 0 Å². The summed E-state index contributed by atoms with van der Waals surface area (Å²) >= 11 is 0. The van der Waals surface area contributed by atoms with Crippen LogP contribution in [0.1, 0.15) is 17.7 Å². The van der Waals surface area contributed by atoms with Gasteiger partial charge in [-0.3, -0.25) is 4.90 Å². The molecular formula is C25H29N5O4. The molecule has 1 fully saturated rings. The minimum absolute atomic E-state index is 0.470. The molecule has 0 saturated carbocycles. The molecular weight excluding hydrogens is 434 g/mol. The second-order valence-corrected chi connectivity index (χ2v) is 8.21. The summed E-state index contributed by atoms with van der Waals surface area (Å²) in [5.74, 6) is 2.73. The Labute approximate surface area is 199 Å². The molecule has 0 bridgehead atoms. The van der Waals surface area contributed by atoms with Gasteiger partial charge in [0, 0.05) is 36.8 Å². The largest absolute Gasteiger partial charge is 0.494 e. The van der Waals surface area contributed by atoms with E-state index in [4.69, 9.17) is 28.9 Å². The van der Waals surface area contributed by atoms with Crippen molar-refractivity contribution >= 4 is 11.5 Å². The minimum Gasteiger partial charge on any atom is -0.494 e. The smallest absolute Gasteiger partial charge is 0.213 e. The van der Waals surface area contributed by atoms with E-state index in [2.05, 4.69) is 15.2 Å². The van der Waals surface area contributed by atoms with Gasteiger partial charge in [0.2, 0.25) is 5.88 Å². The van der Waals surface area contributed by atoms with E-state index in [1.54, 1.807) is 19.4 Å². The number of fused-ring (bicyclic) bond motifs is 1. The van der Waals surface area contributed by atoms with Crippen LogP contribution in [0.3, 0.4) is 0 Å². The molecule has 3 aromatic rings. The zero-order chi connectivity index (χ0) is 23.2. The summed E-state index contributed by atoms with van der Waals surface area (Å²) in [4.78, 5) is 16.3. The monoisotopic (exact) mass is 463 g/mol. The van der Waals surface area contributed by atoms with Gasteiger partial charge in [-0.1, -0.05) is 12.1 Å². The van der Waals surface area contributed by atoms with Crippen LogP contribution in [0.5, 0.6) is 11.6 Å². The minimum atomic E-state index is 0.470. The molecule has 34 heavy (non-hydrogen) atoms. The van der Waals surface area contributed by atoms with Crippen LogP contribution in [-0.2, 0) is 22.7 Å². The highest BCUT2D eigenvalue weighted by molar-refractivity contribution is 5.65. The Morgan fingerprint density at radius 3 is 2.79 bits per heavy atom. The molecule has 2 aliphatic rings. The third kappa shape index (κ3) is 5.44. The van der Waals surface area contributed by atoms with Crippen molar-refractivity contribution in [1.82, 2.24) is 19.9 Å². The Morgan fingerprint density at radius 1 is 1.06 bits per heavy atom. The van der Waals surface area contributed by atoms with E-state index in [1.165, 1.54) is 0 Å². The van der Waals surface area contributed by atoms with Crippen molar-refractivity contribution in [3.8, 4) is 23.0 Å². The molecule has 1 saturated heterocycles. The highest BCUT2D eigenvalue weighted by Crippen LogP contribution is 2.31. The lowest BCUT2D eigenvalue weighted by Gasteiger charge is -2.26. The van der Waals surface area contributed by atoms with Gasteiger partial charge >= 0.3 is 0 Å². The fourth-order valence-electron chi connectivity index (χ4n) is 4.02. The second-order valence-electron chi connectivity index (χ2n) is 8.21. The first-order chi connectivity index (χ1) is 16.8. The van der Waals surface area contributed by atoms with E-state index < -0.39 is 0 Å². The van der Waals surface area contributed by atoms with Crippen molar-refractivity contribution in [3.05, 3.63) is 53.9 Å². The van der Waals surface area contributed by atoms with Crippen LogP contribution in [0.2, 0.25) is 0 Å². The molecule has 0 atom stereocenters. The lowest BCUT2D eigenvalue weighted by Crippen LogP contribution is -2.37. The summed E-state index contributed by atoms with van der Waals surface area (Å²) in [5, 5.41) is 3.36. The maximum Gasteiger partial charge on any atom is 0.213 e. The summed E-state index contributed by atoms with van der Waals surface area (Å²) in [6.07, 6.45) is 2.69. The molecule has 0 spiro atoms. The SMILES string of the molecule is COc1ccc(Nc2nc(-c3cccc(OCCCN4CCOCC4)c3)nc3c2COC3)cn1. The van der Waals surface area contributed by atoms with E-state index in [-0.39, 0.29) is 0 Å². The van der Waals surface area contributed by atoms with E-state index in [0.29, 0.717) is 31.5 Å². The Balaban J connectivity index is 1.28. The summed E-state index contributed by atoms with van der Waals surface area (Å²) in [6.45, 7) is 6.27. The first-order valence-electron chi connectivity index (χ1n) is 11.6. The molecule has 1 aromatic carbocycles. The number of aromatic nitrogens is 3. The van der Waals surface area contributed by atoms with Crippen LogP contribution >= 0.6 is 0 Å². The average molecular weight is 464 g/mol. The van der Waals surface area contributed by atoms with Crippen molar-refractivity contribution in [2.45, 2.75) is 19.6 Å². The number of hydrogen-bond acceptors (Lipinski definition) is 9. The molecule has 0 amide bonds. The average Bonchev–Trinajstić information content (AvgIpc) is 3.37. The van der Waals surface area contributed by atoms with Gasteiger partial charge in [-0.25, -0.2) is 15.0 Å². The highest BCUT2D eigenvalue weighted by atomic mass is 16.5. The van der Waals surface area contributed by atoms with Gasteiger partial charge in [0.1, 0.15) is 11.6 Å². The van der Waals surface area contributed by atoms with Gasteiger partial charge in [-0.2, -0.15) is 0 Å². The van der Waals surface area contributed by atoms with E-state index in [1.807, 2.05) is 30.3 Å². The van der Waals surface area contributed by atoms with Crippen LogP contribution in [0.4, 0.5) is 11.5 Å². The van der Waals surface area contributed by atoms with Crippen LogP contribution in [0, 0.1) is 0 Å². The lowest BCUT2D eigenvalue weighted by molar-refractivity contribution is 0.0358. The number of nitrogens with one attached hydrogen (secondary N) is 1. The number of rotatable bonds is 9. The number of benzene rings is 1. The van der Waals surface area contributed by atoms with Gasteiger partial charge in [-0.05, 0) is 24.6 Å². The third-order valence-electron chi connectivity index (χ3n) is 5.87. The number of ether oxygens (including phenoxy) is 4. The van der Waals surface area contributed by atoms with Crippen LogP contribution in [0.25, 0.3) is 11.4 Å². The number of anilines is 2. The molecule has 2 aromatic heterocycles. The molecule has 9 nitrogen and oxygen atoms in total. The van der Waals surface area contributed by atoms with Gasteiger partial charge in [0.05, 0.1) is 57.7 Å². The van der Waals surface area contributed by atoms with E-state index in [0.717, 1.165) is 73.3 Å². The zero-order valence-corrected chi connectivity index (χ0v) is 19.3. The molecule has 2 aliphatic heterocycles. The van der Waals surface area contributed by atoms with Gasteiger partial charge in [0.15, 0.2) is 5.82 Å². The van der Waals surface area contributed by atoms with E-state index in [9.17, 15) is 0 Å². The fraction of sp³-hybridized carbons (Fsp3) is 0.400. The van der Waals surface area contributed by atoms with Crippen molar-refractivity contribution in [2.24, 2.45) is 0 Å². The predicted octanol–water partition coefficient (Wildman–Crippen LogP) is 3.42. The molecule has 178 valence electrons. The number of pyridine rings is 1. The van der Waals surface area contributed by atoms with Crippen molar-refractivity contribution in [1.29, 1.82) is 0 Å². The molecule has 5 rings (SSSR count). The van der Waals surface area contributed by atoms with Gasteiger partial charge < -0.3 is 24.3 Å². The standard InChI is InChI=1S/C25H29N5O4/c1-31-23-7-6-19(15-26-23)27-25-21-16-33-17-22(21)28-24(29-25)18-4-2-5-20(14-18)34-11-3-8-30-9-12-32-13-10-30/h2,4-7,14-15H,3,8-13,16-17H2,1H3,(H,27,28,29). The van der Waals surface area contributed by atoms with Gasteiger partial charge in [-0.15, -0.1) is 0 Å². The second kappa shape index (κ2) is 10.8. The zero-order valence-electron chi connectivity index (χ0n) is 19.3. The topological polar surface area (TPSA) is 90.9 Å². The quantitative estimate of drug-likeness (QED) is 0.479. The number of hydrogen-bond donors (Lipinski definition) is 1. The van der Waals surface area contributed by atoms with Crippen molar-refractivity contribution in [3.63, 3.8) is 0 Å². The third-order valence-corrected chi connectivity index (χ3v) is 5.87. The summed E-state index contributed by atoms with van der Waals surface area (Å²) < 4.78 is 22.2. The Morgan fingerprint density at radius 2 is 1.97 bits per heavy atom. The summed E-state index contributed by atoms with van der Waals surface area (Å²) in [5.41, 5.74) is 3.58. The predicted molar refractivity (Wildman–Crippen MR) is 127 cm³/mol. The maximum absolute atomic E-state index is 6.03. The van der Waals surface area contributed by atoms with Crippen molar-refractivity contribution in [2.75, 3.05) is 51.9 Å².